The van der Waals surface area contributed by atoms with Crippen molar-refractivity contribution in [2.75, 3.05) is 4.90 Å². The van der Waals surface area contributed by atoms with Crippen molar-refractivity contribution >= 4 is 49.3 Å². The summed E-state index contributed by atoms with van der Waals surface area (Å²) in [5.74, 6) is 0.301. The van der Waals surface area contributed by atoms with Crippen molar-refractivity contribution in [3.05, 3.63) is 88.8 Å². The fourth-order valence-electron chi connectivity index (χ4n) is 4.22. The molecule has 2 heterocycles. The predicted molar refractivity (Wildman–Crippen MR) is 139 cm³/mol. The van der Waals surface area contributed by atoms with E-state index in [1.807, 2.05) is 60.7 Å². The third-order valence-corrected chi connectivity index (χ3v) is 7.16. The number of carbonyl (C=O) groups is 1. The van der Waals surface area contributed by atoms with Crippen molar-refractivity contribution in [2.45, 2.75) is 32.7 Å². The Kier molecular flexibility index (Phi) is 5.79. The third-order valence-electron chi connectivity index (χ3n) is 6.14. The van der Waals surface area contributed by atoms with Crippen LogP contribution in [0.25, 0.3) is 21.3 Å². The van der Waals surface area contributed by atoms with Crippen molar-refractivity contribution in [3.63, 3.8) is 0 Å². The Bertz CT molecular complexity index is 1510. The van der Waals surface area contributed by atoms with E-state index in [1.165, 1.54) is 16.9 Å². The number of aromatic nitrogens is 3. The number of carbonyl (C=O) groups excluding carboxylic acids is 1. The van der Waals surface area contributed by atoms with E-state index in [-0.39, 0.29) is 18.0 Å². The van der Waals surface area contributed by atoms with Gasteiger partial charge in [-0.3, -0.25) is 18.8 Å². The molecule has 0 fully saturated rings. The van der Waals surface area contributed by atoms with E-state index in [2.05, 4.69) is 26.0 Å². The van der Waals surface area contributed by atoms with Crippen molar-refractivity contribution in [1.82, 2.24) is 14.1 Å². The van der Waals surface area contributed by atoms with E-state index in [0.29, 0.717) is 17.6 Å². The molecule has 0 spiro atoms. The highest BCUT2D eigenvalue weighted by Gasteiger charge is 2.23. The van der Waals surface area contributed by atoms with Crippen LogP contribution < -0.4 is 10.6 Å². The van der Waals surface area contributed by atoms with E-state index in [9.17, 15) is 9.59 Å². The lowest BCUT2D eigenvalue weighted by molar-refractivity contribution is -0.118. The highest BCUT2D eigenvalue weighted by Crippen LogP contribution is 2.34. The maximum Gasteiger partial charge on any atom is 0.328 e. The van der Waals surface area contributed by atoms with E-state index in [4.69, 9.17) is 4.98 Å². The smallest absolute Gasteiger partial charge is 0.295 e. The number of benzene rings is 3. The van der Waals surface area contributed by atoms with E-state index < -0.39 is 0 Å². The van der Waals surface area contributed by atoms with Gasteiger partial charge < -0.3 is 0 Å². The van der Waals surface area contributed by atoms with Gasteiger partial charge in [-0.15, -0.1) is 0 Å². The van der Waals surface area contributed by atoms with Gasteiger partial charge in [0.15, 0.2) is 5.13 Å². The Morgan fingerprint density at radius 2 is 1.65 bits per heavy atom. The molecule has 0 unspecified atom stereocenters. The number of anilines is 2. The highest BCUT2D eigenvalue weighted by atomic mass is 32.1. The summed E-state index contributed by atoms with van der Waals surface area (Å²) >= 11 is 1.49. The normalized spacial score (nSPS) is 11.5. The highest BCUT2D eigenvalue weighted by molar-refractivity contribution is 7.22. The number of aryl methyl sites for hydroxylation is 2. The zero-order chi connectivity index (χ0) is 23.8. The molecule has 7 heteroatoms. The molecule has 2 aromatic heterocycles. The van der Waals surface area contributed by atoms with Gasteiger partial charge in [0.1, 0.15) is 0 Å². The molecule has 0 N–H and O–H groups in total. The minimum absolute atomic E-state index is 0.101. The summed E-state index contributed by atoms with van der Waals surface area (Å²) in [7, 11) is 1.76. The molecule has 0 atom stereocenters. The molecule has 0 aliphatic heterocycles. The Morgan fingerprint density at radius 1 is 0.971 bits per heavy atom. The fraction of sp³-hybridized carbons (Fsp3) is 0.222. The molecular formula is C27H26N4O2S. The van der Waals surface area contributed by atoms with Crippen LogP contribution in [0.2, 0.25) is 0 Å². The van der Waals surface area contributed by atoms with Crippen LogP contribution in [0.4, 0.5) is 10.8 Å². The summed E-state index contributed by atoms with van der Waals surface area (Å²) in [6, 6.07) is 23.6. The first kappa shape index (κ1) is 22.1. The van der Waals surface area contributed by atoms with Gasteiger partial charge in [0.05, 0.1) is 26.9 Å². The molecule has 3 aromatic carbocycles. The molecule has 0 saturated heterocycles. The SMILES string of the molecule is CC(C)c1ccc(N(C(=O)CCn2c(=O)n(C)c3ccccc32)c2nc3ccccc3s2)cc1. The molecule has 0 aliphatic carbocycles. The quantitative estimate of drug-likeness (QED) is 0.314. The molecule has 34 heavy (non-hydrogen) atoms. The Balaban J connectivity index is 1.50. The maximum absolute atomic E-state index is 13.6. The summed E-state index contributed by atoms with van der Waals surface area (Å²) in [5, 5.41) is 0.633. The van der Waals surface area contributed by atoms with Crippen molar-refractivity contribution < 1.29 is 4.79 Å². The van der Waals surface area contributed by atoms with Crippen LogP contribution in [0.15, 0.2) is 77.6 Å². The zero-order valence-corrected chi connectivity index (χ0v) is 20.2. The second-order valence-corrected chi connectivity index (χ2v) is 9.68. The first-order valence-corrected chi connectivity index (χ1v) is 12.2. The number of para-hydroxylation sites is 3. The topological polar surface area (TPSA) is 60.1 Å². The standard InChI is InChI=1S/C27H26N4O2S/c1-18(2)19-12-14-20(15-13-19)31(26-28-21-8-4-7-11-24(21)34-26)25(32)16-17-30-23-10-6-5-9-22(23)29(3)27(30)33/h4-15,18H,16-17H2,1-3H3. The average Bonchev–Trinajstić information content (AvgIpc) is 3.37. The molecule has 1 amide bonds. The summed E-state index contributed by atoms with van der Waals surface area (Å²) in [6.07, 6.45) is 0.176. The molecular weight excluding hydrogens is 444 g/mol. The van der Waals surface area contributed by atoms with Crippen LogP contribution in [0.5, 0.6) is 0 Å². The van der Waals surface area contributed by atoms with Crippen LogP contribution >= 0.6 is 11.3 Å². The van der Waals surface area contributed by atoms with Gasteiger partial charge in [0.2, 0.25) is 5.91 Å². The van der Waals surface area contributed by atoms with Gasteiger partial charge in [0, 0.05) is 20.0 Å². The maximum atomic E-state index is 13.6. The lowest BCUT2D eigenvalue weighted by Crippen LogP contribution is -2.29. The molecule has 0 aliphatic rings. The number of amides is 1. The minimum Gasteiger partial charge on any atom is -0.295 e. The van der Waals surface area contributed by atoms with Gasteiger partial charge in [-0.05, 0) is 47.9 Å². The van der Waals surface area contributed by atoms with Gasteiger partial charge in [-0.25, -0.2) is 9.78 Å². The van der Waals surface area contributed by atoms with Gasteiger partial charge in [-0.2, -0.15) is 0 Å². The number of hydrogen-bond acceptors (Lipinski definition) is 4. The van der Waals surface area contributed by atoms with Crippen LogP contribution in [-0.2, 0) is 18.4 Å². The van der Waals surface area contributed by atoms with E-state index in [1.54, 1.807) is 21.1 Å². The first-order chi connectivity index (χ1) is 16.4. The molecule has 0 saturated carbocycles. The molecule has 5 aromatic rings. The number of hydrogen-bond donors (Lipinski definition) is 0. The number of fused-ring (bicyclic) bond motifs is 2. The van der Waals surface area contributed by atoms with Crippen LogP contribution in [-0.4, -0.2) is 20.0 Å². The van der Waals surface area contributed by atoms with E-state index in [0.717, 1.165) is 26.9 Å². The molecule has 6 nitrogen and oxygen atoms in total. The third kappa shape index (κ3) is 3.92. The van der Waals surface area contributed by atoms with Crippen LogP contribution in [0.1, 0.15) is 31.7 Å². The summed E-state index contributed by atoms with van der Waals surface area (Å²) in [5.41, 5.74) is 4.41. The number of rotatable bonds is 6. The number of thiazole rings is 1. The monoisotopic (exact) mass is 470 g/mol. The zero-order valence-electron chi connectivity index (χ0n) is 19.4. The number of imidazole rings is 1. The Labute approximate surface area is 201 Å². The van der Waals surface area contributed by atoms with Gasteiger partial charge in [0.25, 0.3) is 0 Å². The fourth-order valence-corrected chi connectivity index (χ4v) is 5.23. The predicted octanol–water partition coefficient (Wildman–Crippen LogP) is 5.83. The summed E-state index contributed by atoms with van der Waals surface area (Å²) in [6.45, 7) is 4.59. The van der Waals surface area contributed by atoms with Gasteiger partial charge in [-0.1, -0.05) is 61.6 Å². The van der Waals surface area contributed by atoms with Crippen molar-refractivity contribution in [3.8, 4) is 0 Å². The molecule has 172 valence electrons. The summed E-state index contributed by atoms with van der Waals surface area (Å²) < 4.78 is 4.32. The molecule has 5 rings (SSSR count). The summed E-state index contributed by atoms with van der Waals surface area (Å²) in [4.78, 5) is 32.9. The second-order valence-electron chi connectivity index (χ2n) is 8.67. The number of nitrogens with zero attached hydrogens (tertiary/aromatic N) is 4. The first-order valence-electron chi connectivity index (χ1n) is 11.4. The largest absolute Gasteiger partial charge is 0.328 e. The second kappa shape index (κ2) is 8.91. The van der Waals surface area contributed by atoms with E-state index >= 15 is 0 Å². The average molecular weight is 471 g/mol. The Morgan fingerprint density at radius 3 is 2.35 bits per heavy atom. The van der Waals surface area contributed by atoms with Crippen molar-refractivity contribution in [2.24, 2.45) is 7.05 Å². The Hall–Kier alpha value is -3.71. The van der Waals surface area contributed by atoms with Crippen LogP contribution in [0, 0.1) is 0 Å². The van der Waals surface area contributed by atoms with Crippen LogP contribution in [0.3, 0.4) is 0 Å². The molecule has 0 bridgehead atoms. The van der Waals surface area contributed by atoms with Crippen molar-refractivity contribution in [1.29, 1.82) is 0 Å². The van der Waals surface area contributed by atoms with Gasteiger partial charge >= 0.3 is 5.69 Å². The minimum atomic E-state index is -0.123. The lowest BCUT2D eigenvalue weighted by Gasteiger charge is -2.21. The lowest BCUT2D eigenvalue weighted by atomic mass is 10.0. The molecule has 0 radical (unpaired) electrons.